The molecule has 1 saturated heterocycles. The molecule has 1 aromatic carbocycles. The van der Waals surface area contributed by atoms with Crippen molar-refractivity contribution in [1.29, 1.82) is 0 Å². The van der Waals surface area contributed by atoms with Crippen molar-refractivity contribution >= 4 is 92.6 Å². The van der Waals surface area contributed by atoms with E-state index in [1.807, 2.05) is 0 Å². The third-order valence-corrected chi connectivity index (χ3v) is 9.99. The summed E-state index contributed by atoms with van der Waals surface area (Å²) in [4.78, 5) is 8.14. The molecule has 6 rings (SSSR count). The Hall–Kier alpha value is -1.12. The van der Waals surface area contributed by atoms with Crippen LogP contribution < -0.4 is 21.1 Å². The molecule has 0 amide bonds. The van der Waals surface area contributed by atoms with Gasteiger partial charge in [-0.05, 0) is 78.1 Å². The Morgan fingerprint density at radius 2 is 1.95 bits per heavy atom. The lowest BCUT2D eigenvalue weighted by Gasteiger charge is -2.27. The molecule has 0 unspecified atom stereocenters. The van der Waals surface area contributed by atoms with Crippen LogP contribution in [0.2, 0.25) is 0 Å². The maximum Gasteiger partial charge on any atom is 0.152 e. The molecule has 8 nitrogen and oxygen atoms in total. The van der Waals surface area contributed by atoms with Crippen molar-refractivity contribution in [2.75, 3.05) is 45.6 Å². The average Bonchev–Trinajstić information content (AvgIpc) is 3.59. The quantitative estimate of drug-likeness (QED) is 0.213. The van der Waals surface area contributed by atoms with E-state index in [0.29, 0.717) is 5.82 Å². The van der Waals surface area contributed by atoms with Gasteiger partial charge in [-0.1, -0.05) is 0 Å². The minimum absolute atomic E-state index is 0. The number of aryl methyl sites for hydroxylation is 1. The first-order chi connectivity index (χ1) is 17.5. The average molecular weight is 727 g/mol. The first-order valence-electron chi connectivity index (χ1n) is 12.6. The van der Waals surface area contributed by atoms with Gasteiger partial charge >= 0.3 is 0 Å². The Morgan fingerprint density at radius 1 is 1.21 bits per heavy atom. The van der Waals surface area contributed by atoms with Gasteiger partial charge in [0.15, 0.2) is 5.82 Å². The molecule has 0 spiro atoms. The van der Waals surface area contributed by atoms with Crippen LogP contribution in [0.15, 0.2) is 18.5 Å². The van der Waals surface area contributed by atoms with Gasteiger partial charge in [-0.25, -0.2) is 9.50 Å². The number of benzene rings is 1. The number of rotatable bonds is 8. The number of piperazine rings is 1. The normalized spacial score (nSPS) is 15.6. The van der Waals surface area contributed by atoms with Crippen molar-refractivity contribution in [3.05, 3.63) is 38.9 Å². The summed E-state index contributed by atoms with van der Waals surface area (Å²) in [6.07, 6.45) is 4.24. The third-order valence-electron chi connectivity index (χ3n) is 7.26. The van der Waals surface area contributed by atoms with E-state index < -0.39 is 0 Å². The first-order valence-corrected chi connectivity index (χ1v) is 14.5. The van der Waals surface area contributed by atoms with Gasteiger partial charge in [0.05, 0.1) is 22.4 Å². The van der Waals surface area contributed by atoms with E-state index in [9.17, 15) is 0 Å². The predicted molar refractivity (Wildman–Crippen MR) is 177 cm³/mol. The number of halogens is 4. The van der Waals surface area contributed by atoms with Gasteiger partial charge < -0.3 is 21.1 Å². The molecule has 4 heterocycles. The number of fused-ring (bicyclic) bond motifs is 2. The van der Waals surface area contributed by atoms with Crippen LogP contribution in [0.5, 0.6) is 5.75 Å². The number of aromatic nitrogens is 3. The summed E-state index contributed by atoms with van der Waals surface area (Å²) in [5.41, 5.74) is 12.3. The Bertz CT molecular complexity index is 1440. The van der Waals surface area contributed by atoms with Gasteiger partial charge in [-0.2, -0.15) is 5.10 Å². The summed E-state index contributed by atoms with van der Waals surface area (Å²) >= 11 is 4.27. The van der Waals surface area contributed by atoms with Crippen molar-refractivity contribution in [3.8, 4) is 16.2 Å². The summed E-state index contributed by atoms with van der Waals surface area (Å²) in [7, 11) is 1.75. The first kappa shape index (κ1) is 32.4. The Labute approximate surface area is 265 Å². The lowest BCUT2D eigenvalue weighted by atomic mass is 10.1. The molecule has 1 saturated carbocycles. The minimum atomic E-state index is 0. The zero-order valence-electron chi connectivity index (χ0n) is 22.0. The summed E-state index contributed by atoms with van der Waals surface area (Å²) in [5.74, 6) is 2.25. The maximum atomic E-state index is 6.58. The molecular weight excluding hydrogens is 692 g/mol. The lowest BCUT2D eigenvalue weighted by Crippen LogP contribution is -2.43. The number of methoxy groups -OCH3 is 1. The molecule has 1 aliphatic heterocycles. The van der Waals surface area contributed by atoms with Gasteiger partial charge in [0.2, 0.25) is 0 Å². The smallest absolute Gasteiger partial charge is 0.152 e. The van der Waals surface area contributed by atoms with Gasteiger partial charge in [0, 0.05) is 53.8 Å². The fourth-order valence-corrected chi connectivity index (χ4v) is 7.66. The number of anilines is 1. The number of hydrogen-bond acceptors (Lipinski definition) is 8. The summed E-state index contributed by atoms with van der Waals surface area (Å²) in [5, 5.41) is 13.2. The number of nitrogens with two attached hydrogens (primary N) is 1. The maximum absolute atomic E-state index is 6.58. The number of nitrogens with zero attached hydrogens (tertiary/aromatic N) is 4. The minimum Gasteiger partial charge on any atom is -0.495 e. The van der Waals surface area contributed by atoms with Crippen molar-refractivity contribution in [1.82, 2.24) is 30.1 Å². The van der Waals surface area contributed by atoms with Gasteiger partial charge in [0.1, 0.15) is 17.6 Å². The molecule has 2 aliphatic rings. The second-order valence-electron chi connectivity index (χ2n) is 9.90. The molecule has 0 bridgehead atoms. The van der Waals surface area contributed by atoms with Crippen molar-refractivity contribution in [3.63, 3.8) is 0 Å². The molecule has 0 atom stereocenters. The summed E-state index contributed by atoms with van der Waals surface area (Å²) < 4.78 is 10.2. The topological polar surface area (TPSA) is 92.7 Å². The standard InChI is InChI=1S/C26H32IN7OS.3ClH/c1-15-9-17-22(27)25(36-24(17)20(10-15)35-2)21-18(12-30-11-16-3-4-16)19(13-33-7-5-29-6-8-33)34-23(21)26(28)31-14-32-34;;;/h9-10,14,16,29-30H,3-8,11-13H2,1-2H3,(H2,28,31,32);3*1H. The predicted octanol–water partition coefficient (Wildman–Crippen LogP) is 5.29. The second kappa shape index (κ2) is 13.7. The van der Waals surface area contributed by atoms with E-state index in [4.69, 9.17) is 15.6 Å². The highest BCUT2D eigenvalue weighted by Crippen LogP contribution is 2.48. The van der Waals surface area contributed by atoms with Gasteiger partial charge in [0.25, 0.3) is 0 Å². The second-order valence-corrected chi connectivity index (χ2v) is 12.0. The van der Waals surface area contributed by atoms with Crippen LogP contribution in [-0.2, 0) is 13.1 Å². The summed E-state index contributed by atoms with van der Waals surface area (Å²) in [6.45, 7) is 8.86. The number of hydrogen-bond donors (Lipinski definition) is 3. The Balaban J connectivity index is 0.00000140. The zero-order chi connectivity index (χ0) is 24.8. The van der Waals surface area contributed by atoms with E-state index in [1.54, 1.807) is 24.8 Å². The van der Waals surface area contributed by atoms with Gasteiger partial charge in [-0.15, -0.1) is 48.6 Å². The molecule has 1 aliphatic carbocycles. The number of nitrogens with one attached hydrogen (secondary N) is 2. The van der Waals surface area contributed by atoms with Crippen LogP contribution >= 0.6 is 71.1 Å². The fraction of sp³-hybridized carbons (Fsp3) is 0.462. The van der Waals surface area contributed by atoms with Crippen LogP contribution in [-0.4, -0.2) is 59.3 Å². The van der Waals surface area contributed by atoms with Crippen LogP contribution in [0.3, 0.4) is 0 Å². The molecule has 2 fully saturated rings. The molecule has 3 aromatic heterocycles. The van der Waals surface area contributed by atoms with Crippen molar-refractivity contribution < 1.29 is 4.74 Å². The van der Waals surface area contributed by atoms with Crippen molar-refractivity contribution in [2.45, 2.75) is 32.9 Å². The third kappa shape index (κ3) is 6.38. The SMILES string of the molecule is COc1cc(C)cc2c(I)c(-c3c(CNCC4CC4)c(CN4CCNCC4)n4ncnc(N)c34)sc12.Cl.Cl.Cl. The molecule has 13 heteroatoms. The Kier molecular flexibility index (Phi) is 11.4. The lowest BCUT2D eigenvalue weighted by molar-refractivity contribution is 0.228. The molecule has 4 aromatic rings. The van der Waals surface area contributed by atoms with Crippen LogP contribution in [0, 0.1) is 16.4 Å². The van der Waals surface area contributed by atoms with E-state index in [2.05, 4.69) is 66.7 Å². The summed E-state index contributed by atoms with van der Waals surface area (Å²) in [6, 6.07) is 4.37. The van der Waals surface area contributed by atoms with Crippen molar-refractivity contribution in [2.24, 2.45) is 5.92 Å². The van der Waals surface area contributed by atoms with Crippen LogP contribution in [0.1, 0.15) is 29.7 Å². The monoisotopic (exact) mass is 725 g/mol. The molecular formula is C26H35Cl3IN7OS. The fourth-order valence-electron chi connectivity index (χ4n) is 5.21. The van der Waals surface area contributed by atoms with E-state index in [0.717, 1.165) is 73.3 Å². The van der Waals surface area contributed by atoms with Gasteiger partial charge in [-0.3, -0.25) is 4.90 Å². The number of thiophene rings is 1. The number of nitrogen functional groups attached to an aromatic ring is 1. The highest BCUT2D eigenvalue weighted by atomic mass is 127. The van der Waals surface area contributed by atoms with E-state index in [1.165, 1.54) is 43.5 Å². The van der Waals surface area contributed by atoms with E-state index in [-0.39, 0.29) is 37.2 Å². The van der Waals surface area contributed by atoms with Crippen LogP contribution in [0.4, 0.5) is 5.82 Å². The molecule has 0 radical (unpaired) electrons. The Morgan fingerprint density at radius 3 is 2.64 bits per heavy atom. The molecule has 4 N–H and O–H groups in total. The highest BCUT2D eigenvalue weighted by molar-refractivity contribution is 14.1. The number of ether oxygens (including phenoxy) is 1. The van der Waals surface area contributed by atoms with Crippen LogP contribution in [0.25, 0.3) is 26.0 Å². The molecule has 39 heavy (non-hydrogen) atoms. The highest BCUT2D eigenvalue weighted by Gasteiger charge is 2.29. The van der Waals surface area contributed by atoms with E-state index >= 15 is 0 Å². The molecule has 214 valence electrons. The largest absolute Gasteiger partial charge is 0.495 e. The zero-order valence-corrected chi connectivity index (χ0v) is 27.4.